The van der Waals surface area contributed by atoms with Crippen molar-refractivity contribution in [2.24, 2.45) is 0 Å². The molecule has 0 fully saturated rings. The summed E-state index contributed by atoms with van der Waals surface area (Å²) in [6.45, 7) is 0. The minimum Gasteiger partial charge on any atom is -0.192 e. The van der Waals surface area contributed by atoms with Gasteiger partial charge in [0.15, 0.2) is 0 Å². The number of rotatable bonds is 0. The van der Waals surface area contributed by atoms with Crippen LogP contribution < -0.4 is 0 Å². The summed E-state index contributed by atoms with van der Waals surface area (Å²) in [5.41, 5.74) is 1.40. The highest BCUT2D eigenvalue weighted by atomic mass is 32.1. The third-order valence-corrected chi connectivity index (χ3v) is 7.51. The maximum absolute atomic E-state index is 9.17. The molecule has 0 aliphatic carbocycles. The first-order valence-corrected chi connectivity index (χ1v) is 10.4. The van der Waals surface area contributed by atoms with E-state index in [0.717, 1.165) is 9.40 Å². The highest BCUT2D eigenvalue weighted by Crippen LogP contribution is 2.41. The Balaban J connectivity index is 1.70. The Morgan fingerprint density at radius 3 is 1.36 bits per heavy atom. The summed E-state index contributed by atoms with van der Waals surface area (Å²) in [5, 5.41) is 25.7. The van der Waals surface area contributed by atoms with Gasteiger partial charge in [-0.15, -0.1) is 22.7 Å². The molecule has 6 aromatic rings. The lowest BCUT2D eigenvalue weighted by Gasteiger charge is -2.01. The average Bonchev–Trinajstić information content (AvgIpc) is 3.26. The molecule has 4 heteroatoms. The van der Waals surface area contributed by atoms with Gasteiger partial charge in [-0.05, 0) is 59.3 Å². The zero-order valence-electron chi connectivity index (χ0n) is 14.5. The summed E-state index contributed by atoms with van der Waals surface area (Å²) < 4.78 is 4.78. The van der Waals surface area contributed by atoms with Gasteiger partial charge in [-0.3, -0.25) is 0 Å². The van der Waals surface area contributed by atoms with Gasteiger partial charge in [-0.1, -0.05) is 12.1 Å². The lowest BCUT2D eigenvalue weighted by Crippen LogP contribution is -1.75. The van der Waals surface area contributed by atoms with Gasteiger partial charge < -0.3 is 0 Å². The van der Waals surface area contributed by atoms with Crippen LogP contribution in [0.25, 0.3) is 51.1 Å². The summed E-state index contributed by atoms with van der Waals surface area (Å²) in [5.74, 6) is 0. The molecule has 0 spiro atoms. The third-order valence-electron chi connectivity index (χ3n) is 5.28. The van der Waals surface area contributed by atoms with E-state index in [1.807, 2.05) is 24.3 Å². The van der Waals surface area contributed by atoms with E-state index in [0.29, 0.717) is 11.1 Å². The molecule has 0 aliphatic heterocycles. The smallest absolute Gasteiger partial charge is 0.0992 e. The van der Waals surface area contributed by atoms with Crippen molar-refractivity contribution in [1.82, 2.24) is 0 Å². The van der Waals surface area contributed by atoms with E-state index in [-0.39, 0.29) is 0 Å². The molecule has 0 amide bonds. The fourth-order valence-electron chi connectivity index (χ4n) is 3.93. The minimum atomic E-state index is 0.701. The summed E-state index contributed by atoms with van der Waals surface area (Å²) in [4.78, 5) is 0. The molecule has 0 radical (unpaired) electrons. The van der Waals surface area contributed by atoms with Crippen molar-refractivity contribution in [3.05, 3.63) is 71.8 Å². The second-order valence-electron chi connectivity index (χ2n) is 6.89. The van der Waals surface area contributed by atoms with Crippen LogP contribution in [0, 0.1) is 22.7 Å². The predicted molar refractivity (Wildman–Crippen MR) is 119 cm³/mol. The number of thiophene rings is 2. The first-order valence-electron chi connectivity index (χ1n) is 8.80. The van der Waals surface area contributed by atoms with Gasteiger partial charge >= 0.3 is 0 Å². The number of hydrogen-bond donors (Lipinski definition) is 0. The second-order valence-corrected chi connectivity index (χ2v) is 9.06. The zero-order chi connectivity index (χ0) is 18.8. The van der Waals surface area contributed by atoms with Gasteiger partial charge in [0.2, 0.25) is 0 Å². The molecule has 2 heterocycles. The van der Waals surface area contributed by atoms with E-state index in [1.165, 1.54) is 41.7 Å². The SMILES string of the molecule is N#Cc1ccc2c(c1)sc1cc3cc4c(cc3cc12)sc1cc(C#N)ccc14. The Morgan fingerprint density at radius 2 is 0.929 bits per heavy atom. The van der Waals surface area contributed by atoms with Crippen molar-refractivity contribution in [3.63, 3.8) is 0 Å². The molecular weight excluding hydrogens is 380 g/mol. The van der Waals surface area contributed by atoms with E-state index >= 15 is 0 Å². The molecule has 128 valence electrons. The van der Waals surface area contributed by atoms with Crippen molar-refractivity contribution in [3.8, 4) is 12.1 Å². The van der Waals surface area contributed by atoms with Crippen molar-refractivity contribution in [2.45, 2.75) is 0 Å². The van der Waals surface area contributed by atoms with Crippen LogP contribution in [0.4, 0.5) is 0 Å². The van der Waals surface area contributed by atoms with E-state index in [2.05, 4.69) is 48.5 Å². The van der Waals surface area contributed by atoms with Gasteiger partial charge in [-0.25, -0.2) is 0 Å². The predicted octanol–water partition coefficient (Wildman–Crippen LogP) is 7.32. The molecule has 0 saturated carbocycles. The maximum atomic E-state index is 9.17. The Morgan fingerprint density at radius 1 is 0.500 bits per heavy atom. The molecule has 2 nitrogen and oxygen atoms in total. The number of nitriles is 2. The van der Waals surface area contributed by atoms with Crippen LogP contribution in [0.5, 0.6) is 0 Å². The van der Waals surface area contributed by atoms with Gasteiger partial charge in [0, 0.05) is 40.3 Å². The molecule has 0 saturated heterocycles. The molecule has 0 unspecified atom stereocenters. The lowest BCUT2D eigenvalue weighted by atomic mass is 10.0. The van der Waals surface area contributed by atoms with E-state index in [1.54, 1.807) is 22.7 Å². The second kappa shape index (κ2) is 5.53. The minimum absolute atomic E-state index is 0.701. The van der Waals surface area contributed by atoms with Crippen LogP contribution in [0.3, 0.4) is 0 Å². The zero-order valence-corrected chi connectivity index (χ0v) is 16.1. The fraction of sp³-hybridized carbons (Fsp3) is 0. The van der Waals surface area contributed by atoms with E-state index < -0.39 is 0 Å². The summed E-state index contributed by atoms with van der Waals surface area (Å²) >= 11 is 3.48. The highest BCUT2D eigenvalue weighted by molar-refractivity contribution is 7.26. The molecule has 28 heavy (non-hydrogen) atoms. The molecular formula is C24H10N2S2. The van der Waals surface area contributed by atoms with Crippen LogP contribution in [-0.2, 0) is 0 Å². The summed E-state index contributed by atoms with van der Waals surface area (Å²) in [7, 11) is 0. The van der Waals surface area contributed by atoms with E-state index in [9.17, 15) is 0 Å². The fourth-order valence-corrected chi connectivity index (χ4v) is 6.28. The van der Waals surface area contributed by atoms with Gasteiger partial charge in [0.25, 0.3) is 0 Å². The summed E-state index contributed by atoms with van der Waals surface area (Å²) in [6, 6.07) is 25.3. The number of nitrogens with zero attached hydrogens (tertiary/aromatic N) is 2. The molecule has 0 aliphatic rings. The molecule has 0 bridgehead atoms. The summed E-state index contributed by atoms with van der Waals surface area (Å²) in [6.07, 6.45) is 0. The first kappa shape index (κ1) is 15.6. The Labute approximate surface area is 168 Å². The lowest BCUT2D eigenvalue weighted by molar-refractivity contribution is 1.50. The molecule has 2 aromatic heterocycles. The van der Waals surface area contributed by atoms with Crippen LogP contribution in [0.2, 0.25) is 0 Å². The van der Waals surface area contributed by atoms with Crippen molar-refractivity contribution >= 4 is 73.8 Å². The topological polar surface area (TPSA) is 47.6 Å². The maximum Gasteiger partial charge on any atom is 0.0992 e. The standard InChI is InChI=1S/C24H10N2S2/c25-11-13-1-3-17-19-7-15-10-24-20(8-16(15)9-23(19)27-21(17)5-13)18-4-2-14(12-26)6-22(18)28-24/h1-10H. The number of hydrogen-bond acceptors (Lipinski definition) is 4. The molecule has 4 aromatic carbocycles. The monoisotopic (exact) mass is 390 g/mol. The number of fused-ring (bicyclic) bond motifs is 7. The van der Waals surface area contributed by atoms with Crippen molar-refractivity contribution < 1.29 is 0 Å². The van der Waals surface area contributed by atoms with Crippen LogP contribution in [0.15, 0.2) is 60.7 Å². The van der Waals surface area contributed by atoms with Gasteiger partial charge in [-0.2, -0.15) is 10.5 Å². The van der Waals surface area contributed by atoms with Crippen LogP contribution >= 0.6 is 22.7 Å². The van der Waals surface area contributed by atoms with Gasteiger partial charge in [0.1, 0.15) is 0 Å². The first-order chi connectivity index (χ1) is 13.7. The van der Waals surface area contributed by atoms with Gasteiger partial charge in [0.05, 0.1) is 23.3 Å². The Kier molecular flexibility index (Phi) is 3.08. The molecule has 6 rings (SSSR count). The Hall–Kier alpha value is -3.44. The average molecular weight is 390 g/mol. The largest absolute Gasteiger partial charge is 0.192 e. The van der Waals surface area contributed by atoms with Crippen molar-refractivity contribution in [1.29, 1.82) is 10.5 Å². The highest BCUT2D eigenvalue weighted by Gasteiger charge is 2.11. The molecule has 0 N–H and O–H groups in total. The third kappa shape index (κ3) is 2.11. The quantitative estimate of drug-likeness (QED) is 0.273. The van der Waals surface area contributed by atoms with E-state index in [4.69, 9.17) is 10.5 Å². The van der Waals surface area contributed by atoms with Crippen LogP contribution in [0.1, 0.15) is 11.1 Å². The normalized spacial score (nSPS) is 11.5. The molecule has 0 atom stereocenters. The van der Waals surface area contributed by atoms with Crippen molar-refractivity contribution in [2.75, 3.05) is 0 Å². The Bertz CT molecular complexity index is 1560. The van der Waals surface area contributed by atoms with Crippen LogP contribution in [-0.4, -0.2) is 0 Å². The number of benzene rings is 4.